The van der Waals surface area contributed by atoms with Crippen molar-refractivity contribution in [3.63, 3.8) is 0 Å². The monoisotopic (exact) mass is 330 g/mol. The van der Waals surface area contributed by atoms with Crippen molar-refractivity contribution in [1.29, 1.82) is 0 Å². The molecule has 128 valence electrons. The Morgan fingerprint density at radius 2 is 1.96 bits per heavy atom. The van der Waals surface area contributed by atoms with Crippen LogP contribution in [0.15, 0.2) is 36.7 Å². The van der Waals surface area contributed by atoms with E-state index in [0.717, 1.165) is 17.7 Å². The SMILES string of the molecule is COCCNC(=O)c1cnc(NCCc2ccccc2OC)cn1. The van der Waals surface area contributed by atoms with Crippen molar-refractivity contribution < 1.29 is 14.3 Å². The molecule has 0 atom stereocenters. The van der Waals surface area contributed by atoms with Gasteiger partial charge in [0.15, 0.2) is 0 Å². The zero-order valence-corrected chi connectivity index (χ0v) is 13.9. The van der Waals surface area contributed by atoms with E-state index >= 15 is 0 Å². The zero-order chi connectivity index (χ0) is 17.2. The number of hydrogen-bond donors (Lipinski definition) is 2. The summed E-state index contributed by atoms with van der Waals surface area (Å²) >= 11 is 0. The summed E-state index contributed by atoms with van der Waals surface area (Å²) in [6, 6.07) is 7.89. The maximum Gasteiger partial charge on any atom is 0.271 e. The first-order valence-corrected chi connectivity index (χ1v) is 7.69. The molecule has 0 saturated carbocycles. The molecule has 1 amide bonds. The number of amides is 1. The summed E-state index contributed by atoms with van der Waals surface area (Å²) in [7, 11) is 3.24. The van der Waals surface area contributed by atoms with Crippen LogP contribution < -0.4 is 15.4 Å². The topological polar surface area (TPSA) is 85.4 Å². The van der Waals surface area contributed by atoms with Crippen molar-refractivity contribution >= 4 is 11.7 Å². The normalized spacial score (nSPS) is 10.2. The number of ether oxygens (including phenoxy) is 2. The van der Waals surface area contributed by atoms with Crippen molar-refractivity contribution in [2.45, 2.75) is 6.42 Å². The van der Waals surface area contributed by atoms with Gasteiger partial charge in [-0.3, -0.25) is 4.79 Å². The van der Waals surface area contributed by atoms with Crippen LogP contribution in [0, 0.1) is 0 Å². The second-order valence-electron chi connectivity index (χ2n) is 5.02. The highest BCUT2D eigenvalue weighted by Crippen LogP contribution is 2.17. The maximum atomic E-state index is 11.8. The van der Waals surface area contributed by atoms with Crippen LogP contribution in [0.25, 0.3) is 0 Å². The number of rotatable bonds is 9. The molecule has 0 radical (unpaired) electrons. The predicted octanol–water partition coefficient (Wildman–Crippen LogP) is 1.52. The van der Waals surface area contributed by atoms with Crippen molar-refractivity contribution in [3.05, 3.63) is 47.9 Å². The van der Waals surface area contributed by atoms with Crippen molar-refractivity contribution in [2.75, 3.05) is 39.2 Å². The molecule has 2 rings (SSSR count). The smallest absolute Gasteiger partial charge is 0.271 e. The molecule has 0 aliphatic rings. The summed E-state index contributed by atoms with van der Waals surface area (Å²) < 4.78 is 10.2. The number of nitrogens with one attached hydrogen (secondary N) is 2. The van der Waals surface area contributed by atoms with Gasteiger partial charge in [-0.05, 0) is 18.1 Å². The number of anilines is 1. The summed E-state index contributed by atoms with van der Waals surface area (Å²) in [5.74, 6) is 1.23. The zero-order valence-electron chi connectivity index (χ0n) is 13.9. The summed E-state index contributed by atoms with van der Waals surface area (Å²) in [5, 5.41) is 5.88. The second-order valence-corrected chi connectivity index (χ2v) is 5.02. The number of aromatic nitrogens is 2. The molecule has 0 bridgehead atoms. The molecule has 7 heteroatoms. The van der Waals surface area contributed by atoms with Gasteiger partial charge in [0, 0.05) is 20.2 Å². The van der Waals surface area contributed by atoms with E-state index in [2.05, 4.69) is 20.6 Å². The Labute approximate surface area is 141 Å². The molecule has 7 nitrogen and oxygen atoms in total. The molecule has 2 aromatic rings. The van der Waals surface area contributed by atoms with E-state index in [-0.39, 0.29) is 11.6 Å². The number of benzene rings is 1. The third-order valence-corrected chi connectivity index (χ3v) is 3.37. The molecule has 2 N–H and O–H groups in total. The van der Waals surface area contributed by atoms with E-state index < -0.39 is 0 Å². The molecule has 0 spiro atoms. The predicted molar refractivity (Wildman–Crippen MR) is 91.4 cm³/mol. The van der Waals surface area contributed by atoms with Crippen LogP contribution in [0.3, 0.4) is 0 Å². The first-order valence-electron chi connectivity index (χ1n) is 7.69. The lowest BCUT2D eigenvalue weighted by Crippen LogP contribution is -2.27. The van der Waals surface area contributed by atoms with Gasteiger partial charge in [0.25, 0.3) is 5.91 Å². The highest BCUT2D eigenvalue weighted by atomic mass is 16.5. The van der Waals surface area contributed by atoms with Crippen molar-refractivity contribution in [2.24, 2.45) is 0 Å². The lowest BCUT2D eigenvalue weighted by molar-refractivity contribution is 0.0932. The molecular formula is C17H22N4O3. The fraction of sp³-hybridized carbons (Fsp3) is 0.353. The van der Waals surface area contributed by atoms with Gasteiger partial charge in [-0.25, -0.2) is 9.97 Å². The van der Waals surface area contributed by atoms with Crippen LogP contribution in [0.5, 0.6) is 5.75 Å². The molecule has 1 aromatic carbocycles. The molecule has 0 fully saturated rings. The summed E-state index contributed by atoms with van der Waals surface area (Å²) in [4.78, 5) is 20.1. The van der Waals surface area contributed by atoms with Gasteiger partial charge in [0.2, 0.25) is 0 Å². The average molecular weight is 330 g/mol. The van der Waals surface area contributed by atoms with E-state index in [1.165, 1.54) is 6.20 Å². The van der Waals surface area contributed by atoms with Gasteiger partial charge >= 0.3 is 0 Å². The molecular weight excluding hydrogens is 308 g/mol. The first kappa shape index (κ1) is 17.7. The van der Waals surface area contributed by atoms with Crippen LogP contribution in [0.4, 0.5) is 5.82 Å². The number of para-hydroxylation sites is 1. The summed E-state index contributed by atoms with van der Waals surface area (Å²) in [6.07, 6.45) is 3.80. The lowest BCUT2D eigenvalue weighted by atomic mass is 10.1. The van der Waals surface area contributed by atoms with Gasteiger partial charge < -0.3 is 20.1 Å². The van der Waals surface area contributed by atoms with Crippen molar-refractivity contribution in [3.8, 4) is 5.75 Å². The molecule has 0 unspecified atom stereocenters. The largest absolute Gasteiger partial charge is 0.496 e. The summed E-state index contributed by atoms with van der Waals surface area (Å²) in [6.45, 7) is 1.59. The lowest BCUT2D eigenvalue weighted by Gasteiger charge is -2.09. The highest BCUT2D eigenvalue weighted by Gasteiger charge is 2.07. The molecule has 1 aromatic heterocycles. The van der Waals surface area contributed by atoms with Crippen LogP contribution in [-0.4, -0.2) is 49.8 Å². The van der Waals surface area contributed by atoms with Crippen LogP contribution in [0.2, 0.25) is 0 Å². The van der Waals surface area contributed by atoms with E-state index in [4.69, 9.17) is 9.47 Å². The number of carbonyl (C=O) groups is 1. The van der Waals surface area contributed by atoms with Gasteiger partial charge in [-0.1, -0.05) is 18.2 Å². The van der Waals surface area contributed by atoms with Gasteiger partial charge in [0.1, 0.15) is 17.3 Å². The fourth-order valence-electron chi connectivity index (χ4n) is 2.13. The molecule has 0 aliphatic heterocycles. The Morgan fingerprint density at radius 3 is 2.67 bits per heavy atom. The minimum absolute atomic E-state index is 0.264. The van der Waals surface area contributed by atoms with Gasteiger partial charge in [0.05, 0.1) is 26.1 Å². The summed E-state index contributed by atoms with van der Waals surface area (Å²) in [5.41, 5.74) is 1.40. The standard InChI is InChI=1S/C17H22N4O3/c1-23-10-9-19-17(22)14-11-21-16(12-20-14)18-8-7-13-5-3-4-6-15(13)24-2/h3-6,11-12H,7-10H2,1-2H3,(H,18,21)(H,19,22). The van der Waals surface area contributed by atoms with Crippen LogP contribution in [0.1, 0.15) is 16.1 Å². The quantitative estimate of drug-likeness (QED) is 0.678. The molecule has 0 aliphatic carbocycles. The number of carbonyl (C=O) groups excluding carboxylic acids is 1. The van der Waals surface area contributed by atoms with Crippen molar-refractivity contribution in [1.82, 2.24) is 15.3 Å². The third-order valence-electron chi connectivity index (χ3n) is 3.37. The Balaban J connectivity index is 1.82. The van der Waals surface area contributed by atoms with Crippen LogP contribution >= 0.6 is 0 Å². The number of methoxy groups -OCH3 is 2. The molecule has 0 saturated heterocycles. The Morgan fingerprint density at radius 1 is 1.12 bits per heavy atom. The molecule has 1 heterocycles. The number of hydrogen-bond acceptors (Lipinski definition) is 6. The van der Waals surface area contributed by atoms with Crippen LogP contribution in [-0.2, 0) is 11.2 Å². The second kappa shape index (κ2) is 9.46. The minimum atomic E-state index is -0.264. The van der Waals surface area contributed by atoms with E-state index in [1.807, 2.05) is 24.3 Å². The first-order chi connectivity index (χ1) is 11.7. The average Bonchev–Trinajstić information content (AvgIpc) is 2.63. The van der Waals surface area contributed by atoms with E-state index in [0.29, 0.717) is 25.5 Å². The number of nitrogens with zero attached hydrogens (tertiary/aromatic N) is 2. The van der Waals surface area contributed by atoms with Gasteiger partial charge in [-0.15, -0.1) is 0 Å². The maximum absolute atomic E-state index is 11.8. The van der Waals surface area contributed by atoms with E-state index in [9.17, 15) is 4.79 Å². The van der Waals surface area contributed by atoms with E-state index in [1.54, 1.807) is 20.4 Å². The molecule has 24 heavy (non-hydrogen) atoms. The highest BCUT2D eigenvalue weighted by molar-refractivity contribution is 5.91. The fourth-order valence-corrected chi connectivity index (χ4v) is 2.13. The Hall–Kier alpha value is -2.67. The van der Waals surface area contributed by atoms with Gasteiger partial charge in [-0.2, -0.15) is 0 Å². The Bertz CT molecular complexity index is 647. The third kappa shape index (κ3) is 5.20. The Kier molecular flexibility index (Phi) is 6.97. The minimum Gasteiger partial charge on any atom is -0.496 e.